The van der Waals surface area contributed by atoms with E-state index in [9.17, 15) is 4.79 Å². The highest BCUT2D eigenvalue weighted by molar-refractivity contribution is 5.75. The molecule has 1 aromatic heterocycles. The van der Waals surface area contributed by atoms with Gasteiger partial charge in [0.1, 0.15) is 18.1 Å². The van der Waals surface area contributed by atoms with Crippen LogP contribution in [0.15, 0.2) is 60.3 Å². The molecule has 0 aliphatic heterocycles. The van der Waals surface area contributed by atoms with Crippen molar-refractivity contribution in [3.8, 4) is 5.75 Å². The number of imidazole rings is 1. The van der Waals surface area contributed by atoms with Crippen LogP contribution in [0.5, 0.6) is 5.75 Å². The summed E-state index contributed by atoms with van der Waals surface area (Å²) < 4.78 is 11.8. The molecular weight excluding hydrogens is 376 g/mol. The van der Waals surface area contributed by atoms with Gasteiger partial charge in [0.05, 0.1) is 19.9 Å². The van der Waals surface area contributed by atoms with E-state index >= 15 is 0 Å². The van der Waals surface area contributed by atoms with Gasteiger partial charge in [0, 0.05) is 6.20 Å². The summed E-state index contributed by atoms with van der Waals surface area (Å²) in [6, 6.07) is 7.74. The summed E-state index contributed by atoms with van der Waals surface area (Å²) in [7, 11) is 3.03. The highest BCUT2D eigenvalue weighted by Crippen LogP contribution is 2.19. The minimum atomic E-state index is -0.320. The Balaban J connectivity index is 2.31. The maximum atomic E-state index is 11.9. The Morgan fingerprint density at radius 2 is 1.83 bits per heavy atom. The third-order valence-electron chi connectivity index (χ3n) is 4.71. The standard InChI is InChI=1S/C25H30N2O3/c1-6-19(3)9-8-10-21(7-2)23-17-27(18-25(28)30-5)24(26-23)16-13-20-11-14-22(29-4)15-12-20/h6-8,10-17H,9,18H2,1-5H3/b10-8-,16-13+,19-6+,21-7+. The Labute approximate surface area is 179 Å². The molecule has 0 N–H and O–H groups in total. The quantitative estimate of drug-likeness (QED) is 0.311. The van der Waals surface area contributed by atoms with Crippen molar-refractivity contribution in [1.82, 2.24) is 9.55 Å². The molecule has 0 unspecified atom stereocenters. The smallest absolute Gasteiger partial charge is 0.325 e. The Morgan fingerprint density at radius 3 is 2.43 bits per heavy atom. The molecular formula is C25H30N2O3. The first-order valence-electron chi connectivity index (χ1n) is 9.91. The van der Waals surface area contributed by atoms with E-state index in [4.69, 9.17) is 14.5 Å². The number of aromatic nitrogens is 2. The zero-order valence-electron chi connectivity index (χ0n) is 18.4. The van der Waals surface area contributed by atoms with Crippen LogP contribution in [0.3, 0.4) is 0 Å². The monoisotopic (exact) mass is 406 g/mol. The summed E-state index contributed by atoms with van der Waals surface area (Å²) in [6.07, 6.45) is 14.9. The molecule has 0 saturated carbocycles. The van der Waals surface area contributed by atoms with E-state index in [1.807, 2.05) is 62.5 Å². The minimum Gasteiger partial charge on any atom is -0.497 e. The zero-order valence-corrected chi connectivity index (χ0v) is 18.4. The van der Waals surface area contributed by atoms with Crippen molar-refractivity contribution >= 4 is 23.7 Å². The van der Waals surface area contributed by atoms with Crippen molar-refractivity contribution < 1.29 is 14.3 Å². The van der Waals surface area contributed by atoms with E-state index in [1.165, 1.54) is 12.7 Å². The van der Waals surface area contributed by atoms with Crippen molar-refractivity contribution in [2.45, 2.75) is 33.7 Å². The number of methoxy groups -OCH3 is 2. The minimum absolute atomic E-state index is 0.101. The third-order valence-corrected chi connectivity index (χ3v) is 4.71. The second kappa shape index (κ2) is 11.6. The maximum absolute atomic E-state index is 11.9. The summed E-state index contributed by atoms with van der Waals surface area (Å²) in [5.74, 6) is 1.17. The summed E-state index contributed by atoms with van der Waals surface area (Å²) in [6.45, 7) is 6.22. The van der Waals surface area contributed by atoms with Crippen LogP contribution in [-0.4, -0.2) is 29.7 Å². The summed E-state index contributed by atoms with van der Waals surface area (Å²) >= 11 is 0. The number of allylic oxidation sites excluding steroid dienone is 6. The number of esters is 1. The topological polar surface area (TPSA) is 53.4 Å². The first kappa shape index (κ1) is 22.9. The first-order valence-corrected chi connectivity index (χ1v) is 9.91. The highest BCUT2D eigenvalue weighted by atomic mass is 16.5. The van der Waals surface area contributed by atoms with Crippen molar-refractivity contribution in [3.05, 3.63) is 77.4 Å². The second-order valence-corrected chi connectivity index (χ2v) is 6.78. The van der Waals surface area contributed by atoms with Crippen LogP contribution >= 0.6 is 0 Å². The Kier molecular flexibility index (Phi) is 8.88. The lowest BCUT2D eigenvalue weighted by molar-refractivity contribution is -0.141. The van der Waals surface area contributed by atoms with Crippen molar-refractivity contribution in [3.63, 3.8) is 0 Å². The largest absolute Gasteiger partial charge is 0.497 e. The molecule has 2 rings (SSSR count). The molecule has 0 atom stereocenters. The van der Waals surface area contributed by atoms with Crippen LogP contribution in [-0.2, 0) is 16.1 Å². The number of ether oxygens (including phenoxy) is 2. The molecule has 0 amide bonds. The fraction of sp³-hybridized carbons (Fsp3) is 0.280. The van der Waals surface area contributed by atoms with Crippen molar-refractivity contribution in [2.24, 2.45) is 0 Å². The molecule has 5 heteroatoms. The molecule has 0 bridgehead atoms. The number of nitrogens with zero attached hydrogens (tertiary/aromatic N) is 2. The lowest BCUT2D eigenvalue weighted by Crippen LogP contribution is -2.11. The van der Waals surface area contributed by atoms with Gasteiger partial charge >= 0.3 is 5.97 Å². The molecule has 0 spiro atoms. The van der Waals surface area contributed by atoms with Gasteiger partial charge in [-0.2, -0.15) is 0 Å². The normalized spacial score (nSPS) is 12.7. The Morgan fingerprint density at radius 1 is 1.10 bits per heavy atom. The van der Waals surface area contributed by atoms with Gasteiger partial charge in [-0.3, -0.25) is 4.79 Å². The number of benzene rings is 1. The molecule has 158 valence electrons. The molecule has 2 aromatic rings. The lowest BCUT2D eigenvalue weighted by Gasteiger charge is -2.03. The van der Waals surface area contributed by atoms with Gasteiger partial charge in [0.25, 0.3) is 0 Å². The molecule has 5 nitrogen and oxygen atoms in total. The van der Waals surface area contributed by atoms with Gasteiger partial charge in [0.15, 0.2) is 0 Å². The third kappa shape index (κ3) is 6.62. The average Bonchev–Trinajstić information content (AvgIpc) is 3.17. The number of hydrogen-bond donors (Lipinski definition) is 0. The number of hydrogen-bond acceptors (Lipinski definition) is 4. The average molecular weight is 407 g/mol. The molecule has 30 heavy (non-hydrogen) atoms. The van der Waals surface area contributed by atoms with E-state index in [0.29, 0.717) is 5.82 Å². The van der Waals surface area contributed by atoms with Gasteiger partial charge in [-0.05, 0) is 56.5 Å². The Bertz CT molecular complexity index is 961. The highest BCUT2D eigenvalue weighted by Gasteiger charge is 2.11. The van der Waals surface area contributed by atoms with Gasteiger partial charge in [-0.1, -0.05) is 48.1 Å². The zero-order chi connectivity index (χ0) is 21.9. The second-order valence-electron chi connectivity index (χ2n) is 6.78. The van der Waals surface area contributed by atoms with Gasteiger partial charge in [-0.15, -0.1) is 0 Å². The molecule has 0 radical (unpaired) electrons. The van der Waals surface area contributed by atoms with Crippen molar-refractivity contribution in [2.75, 3.05) is 14.2 Å². The number of rotatable bonds is 9. The predicted molar refractivity (Wildman–Crippen MR) is 123 cm³/mol. The van der Waals surface area contributed by atoms with Gasteiger partial charge in [-0.25, -0.2) is 4.98 Å². The number of carbonyl (C=O) groups excluding carboxylic acids is 1. The van der Waals surface area contributed by atoms with Gasteiger partial charge < -0.3 is 14.0 Å². The molecule has 0 fully saturated rings. The van der Waals surface area contributed by atoms with Crippen LogP contribution in [0, 0.1) is 0 Å². The van der Waals surface area contributed by atoms with E-state index in [0.717, 1.165) is 29.0 Å². The van der Waals surface area contributed by atoms with E-state index in [-0.39, 0.29) is 12.5 Å². The first-order chi connectivity index (χ1) is 14.5. The van der Waals surface area contributed by atoms with Crippen LogP contribution in [0.1, 0.15) is 44.3 Å². The van der Waals surface area contributed by atoms with E-state index in [2.05, 4.69) is 25.2 Å². The van der Waals surface area contributed by atoms with Crippen LogP contribution < -0.4 is 4.74 Å². The van der Waals surface area contributed by atoms with Crippen molar-refractivity contribution in [1.29, 1.82) is 0 Å². The lowest BCUT2D eigenvalue weighted by atomic mass is 10.1. The Hall–Kier alpha value is -3.34. The summed E-state index contributed by atoms with van der Waals surface area (Å²) in [5.41, 5.74) is 4.13. The molecule has 0 aliphatic rings. The fourth-order valence-electron chi connectivity index (χ4n) is 2.74. The van der Waals surface area contributed by atoms with Crippen LogP contribution in [0.2, 0.25) is 0 Å². The maximum Gasteiger partial charge on any atom is 0.325 e. The SMILES string of the molecule is C/C=C(\C)C/C=C\C(=C/C)c1cn(CC(=O)OC)c(/C=C/c2ccc(OC)cc2)n1. The van der Waals surface area contributed by atoms with E-state index in [1.54, 1.807) is 11.7 Å². The van der Waals surface area contributed by atoms with Crippen LogP contribution in [0.4, 0.5) is 0 Å². The summed E-state index contributed by atoms with van der Waals surface area (Å²) in [5, 5.41) is 0. The molecule has 1 aromatic carbocycles. The van der Waals surface area contributed by atoms with E-state index < -0.39 is 0 Å². The van der Waals surface area contributed by atoms with Crippen LogP contribution in [0.25, 0.3) is 17.7 Å². The molecule has 1 heterocycles. The van der Waals surface area contributed by atoms with Gasteiger partial charge in [0.2, 0.25) is 0 Å². The summed E-state index contributed by atoms with van der Waals surface area (Å²) in [4.78, 5) is 16.6. The molecule has 0 aliphatic carbocycles. The fourth-order valence-corrected chi connectivity index (χ4v) is 2.74. The predicted octanol–water partition coefficient (Wildman–Crippen LogP) is 5.55. The number of carbonyl (C=O) groups is 1. The molecule has 0 saturated heterocycles.